The number of carbonyl (C=O) groups excluding carboxylic acids is 1. The molecule has 0 saturated carbocycles. The molecule has 2 rings (SSSR count). The fourth-order valence-corrected chi connectivity index (χ4v) is 1.27. The Morgan fingerprint density at radius 2 is 2.06 bits per heavy atom. The van der Waals surface area contributed by atoms with Crippen molar-refractivity contribution in [3.05, 3.63) is 47.9 Å². The SMILES string of the molecule is Nc1cncc(C(=O)Nc2ccc(F)cc2F)n1. The standard InChI is InChI=1S/C11H8F2N4O/c12-6-1-2-8(7(13)3-6)17-11(18)9-4-15-5-10(14)16-9/h1-5H,(H2,14,16)(H,17,18). The third-order valence-electron chi connectivity index (χ3n) is 2.07. The van der Waals surface area contributed by atoms with Gasteiger partial charge in [-0.05, 0) is 12.1 Å². The van der Waals surface area contributed by atoms with Crippen molar-refractivity contribution >= 4 is 17.4 Å². The van der Waals surface area contributed by atoms with Gasteiger partial charge in [-0.15, -0.1) is 0 Å². The summed E-state index contributed by atoms with van der Waals surface area (Å²) in [5.74, 6) is -2.21. The summed E-state index contributed by atoms with van der Waals surface area (Å²) in [6.07, 6.45) is 2.46. The Labute approximate surface area is 101 Å². The number of nitrogens with one attached hydrogen (secondary N) is 1. The van der Waals surface area contributed by atoms with Crippen LogP contribution in [0, 0.1) is 11.6 Å². The number of hydrogen-bond acceptors (Lipinski definition) is 4. The summed E-state index contributed by atoms with van der Waals surface area (Å²) in [5.41, 5.74) is 5.16. The van der Waals surface area contributed by atoms with Crippen LogP contribution in [0.5, 0.6) is 0 Å². The molecule has 1 aromatic heterocycles. The van der Waals surface area contributed by atoms with Gasteiger partial charge in [0.05, 0.1) is 18.1 Å². The summed E-state index contributed by atoms with van der Waals surface area (Å²) in [7, 11) is 0. The normalized spacial score (nSPS) is 10.1. The van der Waals surface area contributed by atoms with Gasteiger partial charge in [0.15, 0.2) is 0 Å². The lowest BCUT2D eigenvalue weighted by Gasteiger charge is -2.05. The molecule has 0 radical (unpaired) electrons. The molecule has 5 nitrogen and oxygen atoms in total. The average Bonchev–Trinajstić information content (AvgIpc) is 2.32. The molecule has 0 atom stereocenters. The number of nitrogens with zero attached hydrogens (tertiary/aromatic N) is 2. The number of aromatic nitrogens is 2. The lowest BCUT2D eigenvalue weighted by atomic mass is 10.3. The molecular weight excluding hydrogens is 242 g/mol. The van der Waals surface area contributed by atoms with Crippen molar-refractivity contribution in [1.29, 1.82) is 0 Å². The van der Waals surface area contributed by atoms with Crippen LogP contribution < -0.4 is 11.1 Å². The van der Waals surface area contributed by atoms with E-state index in [1.165, 1.54) is 12.4 Å². The minimum Gasteiger partial charge on any atom is -0.382 e. The van der Waals surface area contributed by atoms with Crippen LogP contribution >= 0.6 is 0 Å². The Morgan fingerprint density at radius 1 is 1.28 bits per heavy atom. The van der Waals surface area contributed by atoms with Gasteiger partial charge in [-0.25, -0.2) is 13.8 Å². The zero-order valence-electron chi connectivity index (χ0n) is 9.02. The molecule has 2 aromatic rings. The summed E-state index contributed by atoms with van der Waals surface area (Å²) < 4.78 is 26.0. The monoisotopic (exact) mass is 250 g/mol. The van der Waals surface area contributed by atoms with E-state index in [0.717, 1.165) is 12.1 Å². The molecule has 0 bridgehead atoms. The highest BCUT2D eigenvalue weighted by Gasteiger charge is 2.11. The van der Waals surface area contributed by atoms with Crippen molar-refractivity contribution in [2.75, 3.05) is 11.1 Å². The summed E-state index contributed by atoms with van der Waals surface area (Å²) in [5, 5.41) is 2.24. The molecule has 1 aromatic carbocycles. The van der Waals surface area contributed by atoms with Crippen molar-refractivity contribution < 1.29 is 13.6 Å². The second-order valence-corrected chi connectivity index (χ2v) is 3.41. The quantitative estimate of drug-likeness (QED) is 0.848. The first-order valence-corrected chi connectivity index (χ1v) is 4.90. The largest absolute Gasteiger partial charge is 0.382 e. The average molecular weight is 250 g/mol. The molecule has 1 heterocycles. The zero-order valence-corrected chi connectivity index (χ0v) is 9.02. The lowest BCUT2D eigenvalue weighted by molar-refractivity contribution is 0.102. The molecule has 0 saturated heterocycles. The van der Waals surface area contributed by atoms with Gasteiger partial charge < -0.3 is 11.1 Å². The molecule has 1 amide bonds. The molecule has 18 heavy (non-hydrogen) atoms. The van der Waals surface area contributed by atoms with Crippen LogP contribution in [-0.4, -0.2) is 15.9 Å². The number of benzene rings is 1. The number of amides is 1. The number of rotatable bonds is 2. The summed E-state index contributed by atoms with van der Waals surface area (Å²) in [4.78, 5) is 19.1. The fourth-order valence-electron chi connectivity index (χ4n) is 1.27. The molecule has 0 aliphatic heterocycles. The van der Waals surface area contributed by atoms with Crippen LogP contribution in [0.3, 0.4) is 0 Å². The Balaban J connectivity index is 2.21. The van der Waals surface area contributed by atoms with Crippen molar-refractivity contribution in [3.8, 4) is 0 Å². The number of carbonyl (C=O) groups is 1. The highest BCUT2D eigenvalue weighted by Crippen LogP contribution is 2.15. The van der Waals surface area contributed by atoms with E-state index in [0.29, 0.717) is 6.07 Å². The minimum atomic E-state index is -0.875. The van der Waals surface area contributed by atoms with Gasteiger partial charge in [0, 0.05) is 6.07 Å². The van der Waals surface area contributed by atoms with Gasteiger partial charge in [-0.2, -0.15) is 0 Å². The van der Waals surface area contributed by atoms with Crippen LogP contribution in [0.4, 0.5) is 20.3 Å². The van der Waals surface area contributed by atoms with Crippen LogP contribution in [0.2, 0.25) is 0 Å². The topological polar surface area (TPSA) is 80.9 Å². The maximum Gasteiger partial charge on any atom is 0.276 e. The van der Waals surface area contributed by atoms with Crippen LogP contribution in [-0.2, 0) is 0 Å². The number of halogens is 2. The molecule has 0 aliphatic rings. The molecule has 0 fully saturated rings. The first-order valence-electron chi connectivity index (χ1n) is 4.90. The van der Waals surface area contributed by atoms with Crippen LogP contribution in [0.15, 0.2) is 30.6 Å². The first kappa shape index (κ1) is 11.9. The minimum absolute atomic E-state index is 0.0567. The van der Waals surface area contributed by atoms with Crippen molar-refractivity contribution in [3.63, 3.8) is 0 Å². The molecule has 7 heteroatoms. The highest BCUT2D eigenvalue weighted by atomic mass is 19.1. The van der Waals surface area contributed by atoms with Gasteiger partial charge in [-0.3, -0.25) is 9.78 Å². The van der Waals surface area contributed by atoms with E-state index in [1.807, 2.05) is 0 Å². The smallest absolute Gasteiger partial charge is 0.276 e. The fraction of sp³-hybridized carbons (Fsp3) is 0. The number of nitrogens with two attached hydrogens (primary N) is 1. The van der Waals surface area contributed by atoms with Gasteiger partial charge in [0.1, 0.15) is 23.1 Å². The van der Waals surface area contributed by atoms with E-state index < -0.39 is 17.5 Å². The number of hydrogen-bond donors (Lipinski definition) is 2. The number of nitrogen functional groups attached to an aromatic ring is 1. The van der Waals surface area contributed by atoms with E-state index in [2.05, 4.69) is 15.3 Å². The molecule has 0 aliphatic carbocycles. The Morgan fingerprint density at radius 3 is 2.72 bits per heavy atom. The van der Waals surface area contributed by atoms with Crippen molar-refractivity contribution in [2.45, 2.75) is 0 Å². The zero-order chi connectivity index (χ0) is 13.1. The molecule has 3 N–H and O–H groups in total. The third kappa shape index (κ3) is 2.57. The van der Waals surface area contributed by atoms with Gasteiger partial charge in [0.2, 0.25) is 0 Å². The van der Waals surface area contributed by atoms with E-state index in [4.69, 9.17) is 5.73 Å². The lowest BCUT2D eigenvalue weighted by Crippen LogP contribution is -2.15. The second kappa shape index (κ2) is 4.74. The van der Waals surface area contributed by atoms with Gasteiger partial charge in [-0.1, -0.05) is 0 Å². The summed E-state index contributed by atoms with van der Waals surface area (Å²) in [6.45, 7) is 0. The summed E-state index contributed by atoms with van der Waals surface area (Å²) >= 11 is 0. The Kier molecular flexibility index (Phi) is 3.13. The molecular formula is C11H8F2N4O. The summed E-state index contributed by atoms with van der Waals surface area (Å²) in [6, 6.07) is 2.81. The predicted molar refractivity (Wildman–Crippen MR) is 60.8 cm³/mol. The second-order valence-electron chi connectivity index (χ2n) is 3.41. The van der Waals surface area contributed by atoms with Crippen LogP contribution in [0.25, 0.3) is 0 Å². The van der Waals surface area contributed by atoms with E-state index in [9.17, 15) is 13.6 Å². The highest BCUT2D eigenvalue weighted by molar-refractivity contribution is 6.02. The maximum absolute atomic E-state index is 13.3. The van der Waals surface area contributed by atoms with Crippen LogP contribution in [0.1, 0.15) is 10.5 Å². The van der Waals surface area contributed by atoms with E-state index >= 15 is 0 Å². The molecule has 0 unspecified atom stereocenters. The third-order valence-corrected chi connectivity index (χ3v) is 2.07. The Bertz CT molecular complexity index is 603. The van der Waals surface area contributed by atoms with E-state index in [-0.39, 0.29) is 17.2 Å². The maximum atomic E-state index is 13.3. The van der Waals surface area contributed by atoms with Crippen molar-refractivity contribution in [2.24, 2.45) is 0 Å². The van der Waals surface area contributed by atoms with Gasteiger partial charge >= 0.3 is 0 Å². The predicted octanol–water partition coefficient (Wildman–Crippen LogP) is 1.59. The molecule has 92 valence electrons. The number of anilines is 2. The van der Waals surface area contributed by atoms with E-state index in [1.54, 1.807) is 0 Å². The van der Waals surface area contributed by atoms with Gasteiger partial charge in [0.25, 0.3) is 5.91 Å². The Hall–Kier alpha value is -2.57. The molecule has 0 spiro atoms. The van der Waals surface area contributed by atoms with Crippen molar-refractivity contribution in [1.82, 2.24) is 9.97 Å². The first-order chi connectivity index (χ1) is 8.56.